The zero-order valence-corrected chi connectivity index (χ0v) is 9.66. The first-order valence-corrected chi connectivity index (χ1v) is 5.19. The number of nitrogens with one attached hydrogen (secondary N) is 1. The molecule has 0 aliphatic rings. The second-order valence-electron chi connectivity index (χ2n) is 3.80. The summed E-state index contributed by atoms with van der Waals surface area (Å²) in [6.45, 7) is 0.278. The second kappa shape index (κ2) is 4.74. The highest BCUT2D eigenvalue weighted by atomic mass is 16.3. The minimum atomic E-state index is -0.325. The molecule has 0 bridgehead atoms. The van der Waals surface area contributed by atoms with Gasteiger partial charge in [-0.25, -0.2) is 4.98 Å². The van der Waals surface area contributed by atoms with Crippen LogP contribution in [-0.4, -0.2) is 43.2 Å². The van der Waals surface area contributed by atoms with Gasteiger partial charge >= 0.3 is 0 Å². The molecule has 0 atom stereocenters. The zero-order chi connectivity index (χ0) is 13.1. The minimum Gasteiger partial charge on any atom is -0.504 e. The Morgan fingerprint density at radius 1 is 1.39 bits per heavy atom. The molecule has 0 aliphatic heterocycles. The van der Waals surface area contributed by atoms with E-state index in [0.717, 1.165) is 0 Å². The van der Waals surface area contributed by atoms with Crippen LogP contribution in [0.5, 0.6) is 11.5 Å². The number of H-pyrrole nitrogens is 1. The van der Waals surface area contributed by atoms with Crippen LogP contribution in [0.15, 0.2) is 24.5 Å². The first-order chi connectivity index (χ1) is 8.58. The van der Waals surface area contributed by atoms with Crippen molar-refractivity contribution in [3.8, 4) is 11.5 Å². The molecule has 7 heteroatoms. The maximum atomic E-state index is 12.0. The van der Waals surface area contributed by atoms with E-state index in [0.29, 0.717) is 5.82 Å². The van der Waals surface area contributed by atoms with Crippen LogP contribution in [0.25, 0.3) is 0 Å². The number of carbonyl (C=O) groups is 1. The molecule has 0 saturated carbocycles. The number of amides is 1. The predicted octanol–water partition coefficient (Wildman–Crippen LogP) is 0.488. The number of rotatable bonds is 3. The van der Waals surface area contributed by atoms with Gasteiger partial charge in [0.1, 0.15) is 12.2 Å². The van der Waals surface area contributed by atoms with Crippen molar-refractivity contribution < 1.29 is 15.0 Å². The molecule has 0 radical (unpaired) electrons. The van der Waals surface area contributed by atoms with Crippen molar-refractivity contribution in [2.75, 3.05) is 7.05 Å². The van der Waals surface area contributed by atoms with Crippen molar-refractivity contribution in [2.24, 2.45) is 0 Å². The molecule has 2 rings (SSSR count). The molecule has 18 heavy (non-hydrogen) atoms. The van der Waals surface area contributed by atoms with Crippen LogP contribution < -0.4 is 0 Å². The third kappa shape index (κ3) is 2.40. The second-order valence-corrected chi connectivity index (χ2v) is 3.80. The number of aromatic nitrogens is 3. The third-order valence-corrected chi connectivity index (χ3v) is 2.42. The minimum absolute atomic E-state index is 0.260. The van der Waals surface area contributed by atoms with Gasteiger partial charge in [-0.2, -0.15) is 5.10 Å². The SMILES string of the molecule is CN(Cc1ncn[nH]1)C(=O)c1ccc(O)c(O)c1. The molecule has 3 N–H and O–H groups in total. The topological polar surface area (TPSA) is 102 Å². The Bertz CT molecular complexity index is 553. The molecular formula is C11H12N4O3. The number of hydrogen-bond donors (Lipinski definition) is 3. The van der Waals surface area contributed by atoms with E-state index in [4.69, 9.17) is 0 Å². The first-order valence-electron chi connectivity index (χ1n) is 5.19. The highest BCUT2D eigenvalue weighted by Crippen LogP contribution is 2.25. The number of aromatic amines is 1. The molecule has 0 unspecified atom stereocenters. The fourth-order valence-electron chi connectivity index (χ4n) is 1.48. The average Bonchev–Trinajstić information content (AvgIpc) is 2.84. The molecule has 1 amide bonds. The van der Waals surface area contributed by atoms with Crippen molar-refractivity contribution in [3.05, 3.63) is 35.9 Å². The molecule has 0 saturated heterocycles. The van der Waals surface area contributed by atoms with Gasteiger partial charge < -0.3 is 15.1 Å². The maximum Gasteiger partial charge on any atom is 0.254 e. The van der Waals surface area contributed by atoms with Crippen LogP contribution in [-0.2, 0) is 6.54 Å². The lowest BCUT2D eigenvalue weighted by Gasteiger charge is -2.15. The van der Waals surface area contributed by atoms with Gasteiger partial charge in [-0.05, 0) is 18.2 Å². The number of phenols is 2. The van der Waals surface area contributed by atoms with Gasteiger partial charge in [0.05, 0.1) is 6.54 Å². The molecule has 1 aromatic carbocycles. The quantitative estimate of drug-likeness (QED) is 0.686. The van der Waals surface area contributed by atoms with Crippen LogP contribution >= 0.6 is 0 Å². The Labute approximate surface area is 103 Å². The molecular weight excluding hydrogens is 236 g/mol. The van der Waals surface area contributed by atoms with Crippen molar-refractivity contribution in [2.45, 2.75) is 6.54 Å². The van der Waals surface area contributed by atoms with Crippen molar-refractivity contribution in [1.82, 2.24) is 20.1 Å². The van der Waals surface area contributed by atoms with Gasteiger partial charge in [-0.3, -0.25) is 9.89 Å². The van der Waals surface area contributed by atoms with Gasteiger partial charge in [0.25, 0.3) is 5.91 Å². The van der Waals surface area contributed by atoms with E-state index in [1.165, 1.54) is 29.4 Å². The number of hydrogen-bond acceptors (Lipinski definition) is 5. The Morgan fingerprint density at radius 2 is 2.17 bits per heavy atom. The molecule has 7 nitrogen and oxygen atoms in total. The van der Waals surface area contributed by atoms with Crippen molar-refractivity contribution in [1.29, 1.82) is 0 Å². The number of aromatic hydroxyl groups is 2. The lowest BCUT2D eigenvalue weighted by atomic mass is 10.2. The van der Waals surface area contributed by atoms with Crippen LogP contribution in [0.3, 0.4) is 0 Å². The van der Waals surface area contributed by atoms with E-state index in [2.05, 4.69) is 15.2 Å². The number of phenolic OH excluding ortho intramolecular Hbond substituents is 2. The Kier molecular flexibility index (Phi) is 3.13. The summed E-state index contributed by atoms with van der Waals surface area (Å²) in [5.41, 5.74) is 0.285. The van der Waals surface area contributed by atoms with Gasteiger partial charge in [-0.1, -0.05) is 0 Å². The summed E-state index contributed by atoms with van der Waals surface area (Å²) in [4.78, 5) is 17.3. The molecule has 0 fully saturated rings. The summed E-state index contributed by atoms with van der Waals surface area (Å²) >= 11 is 0. The van der Waals surface area contributed by atoms with E-state index in [1.807, 2.05) is 0 Å². The molecule has 1 aromatic heterocycles. The van der Waals surface area contributed by atoms with Crippen LogP contribution in [0.1, 0.15) is 16.2 Å². The van der Waals surface area contributed by atoms with Gasteiger partial charge in [0, 0.05) is 12.6 Å². The van der Waals surface area contributed by atoms with Gasteiger partial charge in [0.2, 0.25) is 0 Å². The van der Waals surface area contributed by atoms with Crippen LogP contribution in [0.4, 0.5) is 0 Å². The van der Waals surface area contributed by atoms with E-state index < -0.39 is 0 Å². The Balaban J connectivity index is 2.12. The van der Waals surface area contributed by atoms with E-state index in [9.17, 15) is 15.0 Å². The molecule has 1 heterocycles. The van der Waals surface area contributed by atoms with E-state index in [-0.39, 0.29) is 29.5 Å². The fraction of sp³-hybridized carbons (Fsp3) is 0.182. The highest BCUT2D eigenvalue weighted by Gasteiger charge is 2.14. The number of benzene rings is 1. The standard InChI is InChI=1S/C11H12N4O3/c1-15(5-10-12-6-13-14-10)11(18)7-2-3-8(16)9(17)4-7/h2-4,6,16-17H,5H2,1H3,(H,12,13,14). The summed E-state index contributed by atoms with van der Waals surface area (Å²) in [6.07, 6.45) is 1.36. The van der Waals surface area contributed by atoms with Gasteiger partial charge in [0.15, 0.2) is 11.5 Å². The maximum absolute atomic E-state index is 12.0. The predicted molar refractivity (Wildman–Crippen MR) is 62.0 cm³/mol. The van der Waals surface area contributed by atoms with Gasteiger partial charge in [-0.15, -0.1) is 0 Å². The largest absolute Gasteiger partial charge is 0.504 e. The number of nitrogens with zero attached hydrogens (tertiary/aromatic N) is 3. The van der Waals surface area contributed by atoms with E-state index >= 15 is 0 Å². The zero-order valence-electron chi connectivity index (χ0n) is 9.66. The van der Waals surface area contributed by atoms with Crippen molar-refractivity contribution in [3.63, 3.8) is 0 Å². The smallest absolute Gasteiger partial charge is 0.254 e. The first kappa shape index (κ1) is 11.9. The average molecular weight is 248 g/mol. The van der Waals surface area contributed by atoms with Crippen LogP contribution in [0.2, 0.25) is 0 Å². The van der Waals surface area contributed by atoms with Crippen molar-refractivity contribution >= 4 is 5.91 Å². The summed E-state index contributed by atoms with van der Waals surface area (Å²) in [5, 5.41) is 24.8. The lowest BCUT2D eigenvalue weighted by Crippen LogP contribution is -2.26. The molecule has 0 spiro atoms. The Hall–Kier alpha value is -2.57. The highest BCUT2D eigenvalue weighted by molar-refractivity contribution is 5.94. The van der Waals surface area contributed by atoms with Crippen LogP contribution in [0, 0.1) is 0 Å². The summed E-state index contributed by atoms with van der Waals surface area (Å²) in [6, 6.07) is 3.92. The lowest BCUT2D eigenvalue weighted by molar-refractivity contribution is 0.0781. The summed E-state index contributed by atoms with van der Waals surface area (Å²) in [5.74, 6) is -0.311. The monoisotopic (exact) mass is 248 g/mol. The number of carbonyl (C=O) groups excluding carboxylic acids is 1. The summed E-state index contributed by atoms with van der Waals surface area (Å²) in [7, 11) is 1.61. The third-order valence-electron chi connectivity index (χ3n) is 2.42. The molecule has 94 valence electrons. The molecule has 2 aromatic rings. The van der Waals surface area contributed by atoms with E-state index in [1.54, 1.807) is 7.05 Å². The molecule has 0 aliphatic carbocycles. The normalized spacial score (nSPS) is 10.3. The fourth-order valence-corrected chi connectivity index (χ4v) is 1.48. The summed E-state index contributed by atoms with van der Waals surface area (Å²) < 4.78 is 0. The Morgan fingerprint density at radius 3 is 2.78 bits per heavy atom.